The first kappa shape index (κ1) is 20.9. The number of azo groups is 1. The molecule has 0 bridgehead atoms. The first-order chi connectivity index (χ1) is 14.3. The summed E-state index contributed by atoms with van der Waals surface area (Å²) < 4.78 is 5.90. The minimum atomic E-state index is 0.0138. The van der Waals surface area contributed by atoms with Gasteiger partial charge < -0.3 is 9.84 Å². The maximum Gasteiger partial charge on any atom is 0.174 e. The van der Waals surface area contributed by atoms with Crippen LogP contribution in [0.25, 0.3) is 10.9 Å². The number of aromatic nitrogens is 2. The molecule has 0 aliphatic carbocycles. The lowest BCUT2D eigenvalue weighted by molar-refractivity contribution is 0.117. The molecule has 1 N–H and O–H groups in total. The Morgan fingerprint density at radius 3 is 2.59 bits per heavy atom. The van der Waals surface area contributed by atoms with E-state index >= 15 is 0 Å². The number of hydrogen-bond acceptors (Lipinski definition) is 6. The Balaban J connectivity index is 1.69. The number of phenols is 1. The van der Waals surface area contributed by atoms with Gasteiger partial charge in [0.2, 0.25) is 0 Å². The highest BCUT2D eigenvalue weighted by molar-refractivity contribution is 5.91. The Bertz CT molecular complexity index is 929. The van der Waals surface area contributed by atoms with Gasteiger partial charge in [-0.3, -0.25) is 4.98 Å². The van der Waals surface area contributed by atoms with Gasteiger partial charge in [-0.2, -0.15) is 0 Å². The lowest BCUT2D eigenvalue weighted by Crippen LogP contribution is -1.97. The zero-order valence-electron chi connectivity index (χ0n) is 16.9. The van der Waals surface area contributed by atoms with Crippen LogP contribution in [0.15, 0.2) is 59.0 Å². The first-order valence-electron chi connectivity index (χ1n) is 10.3. The van der Waals surface area contributed by atoms with Crippen molar-refractivity contribution in [1.82, 2.24) is 9.97 Å². The molecule has 0 amide bonds. The minimum absolute atomic E-state index is 0.0138. The second kappa shape index (κ2) is 11.2. The number of benzene rings is 1. The number of rotatable bonds is 11. The van der Waals surface area contributed by atoms with Crippen molar-refractivity contribution in [2.75, 3.05) is 6.61 Å². The summed E-state index contributed by atoms with van der Waals surface area (Å²) in [4.78, 5) is 8.44. The Kier molecular flexibility index (Phi) is 8.07. The summed E-state index contributed by atoms with van der Waals surface area (Å²) in [6.45, 7) is 3.40. The van der Waals surface area contributed by atoms with E-state index in [9.17, 15) is 5.11 Å². The molecule has 2 heterocycles. The van der Waals surface area contributed by atoms with E-state index in [1.165, 1.54) is 32.1 Å². The highest BCUT2D eigenvalue weighted by Gasteiger charge is 2.12. The molecule has 0 spiro atoms. The predicted octanol–water partition coefficient (Wildman–Crippen LogP) is 6.63. The SMILES string of the molecule is CCCCCCCCOCc1cc(N=Nc2ccccn2)c(O)c2ncccc12. The third-order valence-corrected chi connectivity index (χ3v) is 4.74. The standard InChI is InChI=1S/C23H28N4O2/c1-2-3-4-5-6-9-15-29-17-18-16-20(26-27-21-12-7-8-13-24-21)23(28)22-19(18)11-10-14-25-22/h7-8,10-14,16,28H,2-6,9,15,17H2,1H3. The number of fused-ring (bicyclic) bond motifs is 1. The van der Waals surface area contributed by atoms with Gasteiger partial charge in [-0.1, -0.05) is 51.2 Å². The molecule has 0 saturated heterocycles. The number of unbranched alkanes of at least 4 members (excludes halogenated alkanes) is 5. The molecule has 0 atom stereocenters. The second-order valence-corrected chi connectivity index (χ2v) is 7.01. The monoisotopic (exact) mass is 392 g/mol. The number of nitrogens with zero attached hydrogens (tertiary/aromatic N) is 4. The third-order valence-electron chi connectivity index (χ3n) is 4.74. The van der Waals surface area contributed by atoms with Crippen molar-refractivity contribution in [3.8, 4) is 5.75 Å². The summed E-state index contributed by atoms with van der Waals surface area (Å²) in [5.41, 5.74) is 1.80. The Morgan fingerprint density at radius 2 is 1.76 bits per heavy atom. The molecule has 6 nitrogen and oxygen atoms in total. The fraction of sp³-hybridized carbons (Fsp3) is 0.391. The molecule has 0 unspecified atom stereocenters. The smallest absolute Gasteiger partial charge is 0.174 e. The molecule has 0 fully saturated rings. The van der Waals surface area contributed by atoms with Crippen LogP contribution in [0.2, 0.25) is 0 Å². The van der Waals surface area contributed by atoms with Crippen molar-refractivity contribution in [3.05, 3.63) is 54.4 Å². The molecule has 2 aromatic heterocycles. The van der Waals surface area contributed by atoms with Crippen LogP contribution in [-0.4, -0.2) is 21.7 Å². The summed E-state index contributed by atoms with van der Waals surface area (Å²) in [6, 6.07) is 11.0. The van der Waals surface area contributed by atoms with Crippen molar-refractivity contribution in [2.45, 2.75) is 52.1 Å². The minimum Gasteiger partial charge on any atom is -0.504 e. The Hall–Kier alpha value is -2.86. The fourth-order valence-corrected chi connectivity index (χ4v) is 3.17. The first-order valence-corrected chi connectivity index (χ1v) is 10.3. The predicted molar refractivity (Wildman–Crippen MR) is 115 cm³/mol. The van der Waals surface area contributed by atoms with Crippen molar-refractivity contribution < 1.29 is 9.84 Å². The van der Waals surface area contributed by atoms with E-state index in [-0.39, 0.29) is 5.75 Å². The van der Waals surface area contributed by atoms with Crippen molar-refractivity contribution >= 4 is 22.4 Å². The maximum atomic E-state index is 10.6. The number of phenolic OH excluding ortho intramolecular Hbond substituents is 1. The van der Waals surface area contributed by atoms with Gasteiger partial charge in [0.25, 0.3) is 0 Å². The van der Waals surface area contributed by atoms with Gasteiger partial charge in [0.05, 0.1) is 6.61 Å². The van der Waals surface area contributed by atoms with E-state index < -0.39 is 0 Å². The summed E-state index contributed by atoms with van der Waals surface area (Å²) in [5.74, 6) is 0.494. The van der Waals surface area contributed by atoms with Crippen LogP contribution in [0.3, 0.4) is 0 Å². The van der Waals surface area contributed by atoms with Gasteiger partial charge in [0.1, 0.15) is 11.2 Å². The maximum absolute atomic E-state index is 10.6. The van der Waals surface area contributed by atoms with Crippen LogP contribution in [0.4, 0.5) is 11.5 Å². The molecule has 152 valence electrons. The summed E-state index contributed by atoms with van der Waals surface area (Å²) in [6.07, 6.45) is 10.7. The number of ether oxygens (including phenoxy) is 1. The molecule has 29 heavy (non-hydrogen) atoms. The van der Waals surface area contributed by atoms with Gasteiger partial charge >= 0.3 is 0 Å². The average Bonchev–Trinajstić information content (AvgIpc) is 2.77. The van der Waals surface area contributed by atoms with Gasteiger partial charge in [-0.05, 0) is 36.2 Å². The molecule has 0 saturated carbocycles. The normalized spacial score (nSPS) is 11.5. The van der Waals surface area contributed by atoms with Gasteiger partial charge in [0.15, 0.2) is 11.6 Å². The molecule has 6 heteroatoms. The van der Waals surface area contributed by atoms with Crippen molar-refractivity contribution in [1.29, 1.82) is 0 Å². The largest absolute Gasteiger partial charge is 0.504 e. The lowest BCUT2D eigenvalue weighted by Gasteiger charge is -2.10. The van der Waals surface area contributed by atoms with Gasteiger partial charge in [-0.15, -0.1) is 10.2 Å². The highest BCUT2D eigenvalue weighted by Crippen LogP contribution is 2.37. The summed E-state index contributed by atoms with van der Waals surface area (Å²) in [7, 11) is 0. The van der Waals surface area contributed by atoms with E-state index in [4.69, 9.17) is 4.74 Å². The number of pyridine rings is 2. The average molecular weight is 393 g/mol. The van der Waals surface area contributed by atoms with Crippen LogP contribution in [0, 0.1) is 0 Å². The zero-order valence-corrected chi connectivity index (χ0v) is 16.9. The fourth-order valence-electron chi connectivity index (χ4n) is 3.17. The molecular weight excluding hydrogens is 364 g/mol. The number of aromatic hydroxyl groups is 1. The van der Waals surface area contributed by atoms with Crippen LogP contribution in [0.5, 0.6) is 5.75 Å². The van der Waals surface area contributed by atoms with E-state index in [1.54, 1.807) is 18.5 Å². The van der Waals surface area contributed by atoms with Crippen LogP contribution in [-0.2, 0) is 11.3 Å². The molecule has 1 aromatic carbocycles. The van der Waals surface area contributed by atoms with Crippen LogP contribution in [0.1, 0.15) is 51.0 Å². The van der Waals surface area contributed by atoms with Gasteiger partial charge in [0, 0.05) is 24.4 Å². The van der Waals surface area contributed by atoms with E-state index in [0.717, 1.165) is 24.0 Å². The topological polar surface area (TPSA) is 80.0 Å². The van der Waals surface area contributed by atoms with Crippen molar-refractivity contribution in [2.24, 2.45) is 10.2 Å². The van der Waals surface area contributed by atoms with E-state index in [2.05, 4.69) is 27.1 Å². The van der Waals surface area contributed by atoms with E-state index in [1.807, 2.05) is 30.3 Å². The van der Waals surface area contributed by atoms with Gasteiger partial charge in [-0.25, -0.2) is 4.98 Å². The Morgan fingerprint density at radius 1 is 0.931 bits per heavy atom. The molecule has 0 aliphatic rings. The molecule has 3 aromatic rings. The third kappa shape index (κ3) is 6.06. The highest BCUT2D eigenvalue weighted by atomic mass is 16.5. The second-order valence-electron chi connectivity index (χ2n) is 7.01. The molecular formula is C23H28N4O2. The zero-order chi connectivity index (χ0) is 20.3. The van der Waals surface area contributed by atoms with Crippen LogP contribution >= 0.6 is 0 Å². The molecule has 3 rings (SSSR count). The molecule has 0 radical (unpaired) electrons. The van der Waals surface area contributed by atoms with Crippen LogP contribution < -0.4 is 0 Å². The van der Waals surface area contributed by atoms with E-state index in [0.29, 0.717) is 23.6 Å². The summed E-state index contributed by atoms with van der Waals surface area (Å²) >= 11 is 0. The lowest BCUT2D eigenvalue weighted by atomic mass is 10.1. The number of hydrogen-bond donors (Lipinski definition) is 1. The van der Waals surface area contributed by atoms with Crippen molar-refractivity contribution in [3.63, 3.8) is 0 Å². The quantitative estimate of drug-likeness (QED) is 0.293. The Labute approximate surface area is 171 Å². The summed E-state index contributed by atoms with van der Waals surface area (Å²) in [5, 5.41) is 19.8. The molecule has 0 aliphatic heterocycles.